The van der Waals surface area contributed by atoms with Crippen LogP contribution in [0.15, 0.2) is 96.2 Å². The summed E-state index contributed by atoms with van der Waals surface area (Å²) in [5, 5.41) is 10.4. The van der Waals surface area contributed by atoms with Gasteiger partial charge in [-0.05, 0) is 61.4 Å². The largest absolute Gasteiger partial charge is 0.339 e. The average Bonchev–Trinajstić information content (AvgIpc) is 3.43. The molecule has 2 heterocycles. The number of thioether (sulfide) groups is 1. The van der Waals surface area contributed by atoms with Gasteiger partial charge in [0.25, 0.3) is 0 Å². The SMILES string of the molecule is CC1CN(C(=O)CCCSc2nnc(-c3ccc(Cl)cc3)n2-c2ccccc2)CCN1C(=O)/C=C/c1ccccc1. The quantitative estimate of drug-likeness (QED) is 0.132. The summed E-state index contributed by atoms with van der Waals surface area (Å²) in [5.74, 6) is 1.57. The third kappa shape index (κ3) is 7.26. The van der Waals surface area contributed by atoms with E-state index in [-0.39, 0.29) is 17.9 Å². The molecule has 210 valence electrons. The molecule has 41 heavy (non-hydrogen) atoms. The number of carbonyl (C=O) groups excluding carboxylic acids is 2. The van der Waals surface area contributed by atoms with Gasteiger partial charge >= 0.3 is 0 Å². The third-order valence-corrected chi connectivity index (χ3v) is 8.26. The van der Waals surface area contributed by atoms with E-state index in [2.05, 4.69) is 10.2 Å². The lowest BCUT2D eigenvalue weighted by Crippen LogP contribution is -2.55. The van der Waals surface area contributed by atoms with Crippen LogP contribution in [0.4, 0.5) is 0 Å². The van der Waals surface area contributed by atoms with Gasteiger partial charge in [-0.15, -0.1) is 10.2 Å². The van der Waals surface area contributed by atoms with Gasteiger partial charge in [0.2, 0.25) is 11.8 Å². The van der Waals surface area contributed by atoms with E-state index in [9.17, 15) is 9.59 Å². The van der Waals surface area contributed by atoms with Crippen LogP contribution in [0, 0.1) is 0 Å². The van der Waals surface area contributed by atoms with E-state index in [1.807, 2.05) is 112 Å². The molecule has 1 atom stereocenters. The minimum atomic E-state index is -0.0364. The van der Waals surface area contributed by atoms with Gasteiger partial charge in [0.15, 0.2) is 11.0 Å². The molecule has 0 saturated carbocycles. The Morgan fingerprint density at radius 1 is 0.951 bits per heavy atom. The highest BCUT2D eigenvalue weighted by Crippen LogP contribution is 2.29. The normalized spacial score (nSPS) is 15.4. The van der Waals surface area contributed by atoms with Crippen LogP contribution in [0.25, 0.3) is 23.2 Å². The monoisotopic (exact) mass is 585 g/mol. The number of amides is 2. The molecule has 1 unspecified atom stereocenters. The van der Waals surface area contributed by atoms with Gasteiger partial charge in [-0.3, -0.25) is 14.2 Å². The number of piperazine rings is 1. The summed E-state index contributed by atoms with van der Waals surface area (Å²) in [5.41, 5.74) is 2.89. The van der Waals surface area contributed by atoms with E-state index in [0.717, 1.165) is 40.0 Å². The Morgan fingerprint density at radius 2 is 1.66 bits per heavy atom. The molecular weight excluding hydrogens is 554 g/mol. The maximum atomic E-state index is 13.0. The molecule has 1 saturated heterocycles. The van der Waals surface area contributed by atoms with Crippen molar-refractivity contribution in [2.45, 2.75) is 31.0 Å². The summed E-state index contributed by atoms with van der Waals surface area (Å²) < 4.78 is 2.04. The van der Waals surface area contributed by atoms with Crippen LogP contribution in [0.5, 0.6) is 0 Å². The molecule has 9 heteroatoms. The molecule has 4 aromatic rings. The second-order valence-electron chi connectivity index (χ2n) is 9.90. The molecule has 0 aliphatic carbocycles. The van der Waals surface area contributed by atoms with Crippen molar-refractivity contribution >= 4 is 41.3 Å². The van der Waals surface area contributed by atoms with E-state index >= 15 is 0 Å². The zero-order valence-electron chi connectivity index (χ0n) is 22.9. The number of rotatable bonds is 9. The van der Waals surface area contributed by atoms with Gasteiger partial charge in [-0.25, -0.2) is 0 Å². The molecule has 1 aliphatic heterocycles. The van der Waals surface area contributed by atoms with Crippen LogP contribution in [-0.4, -0.2) is 67.8 Å². The Balaban J connectivity index is 1.14. The van der Waals surface area contributed by atoms with Crippen LogP contribution in [-0.2, 0) is 9.59 Å². The second kappa shape index (κ2) is 13.7. The maximum Gasteiger partial charge on any atom is 0.246 e. The standard InChI is InChI=1S/C32H32ClN5O2S/c1-24-23-36(20-21-37(24)30(40)19-14-25-9-4-2-5-10-25)29(39)13-8-22-41-32-35-34-31(26-15-17-27(33)18-16-26)38(32)28-11-6-3-7-12-28/h2-7,9-12,14-19,24H,8,13,20-23H2,1H3/b19-14+. The van der Waals surface area contributed by atoms with Gasteiger partial charge in [-0.2, -0.15) is 0 Å². The lowest BCUT2D eigenvalue weighted by molar-refractivity contribution is -0.139. The summed E-state index contributed by atoms with van der Waals surface area (Å²) in [6, 6.07) is 27.3. The van der Waals surface area contributed by atoms with Gasteiger partial charge in [0.05, 0.1) is 0 Å². The maximum absolute atomic E-state index is 13.0. The third-order valence-electron chi connectivity index (χ3n) is 7.00. The topological polar surface area (TPSA) is 71.3 Å². The Kier molecular flexibility index (Phi) is 9.54. The fraction of sp³-hybridized carbons (Fsp3) is 0.250. The number of benzene rings is 3. The van der Waals surface area contributed by atoms with Crippen LogP contribution in [0.2, 0.25) is 5.02 Å². The lowest BCUT2D eigenvalue weighted by Gasteiger charge is -2.39. The first-order valence-electron chi connectivity index (χ1n) is 13.7. The second-order valence-corrected chi connectivity index (χ2v) is 11.4. The minimum Gasteiger partial charge on any atom is -0.339 e. The predicted octanol–water partition coefficient (Wildman–Crippen LogP) is 6.23. The molecule has 2 amide bonds. The van der Waals surface area contributed by atoms with Crippen LogP contribution < -0.4 is 0 Å². The predicted molar refractivity (Wildman–Crippen MR) is 165 cm³/mol. The van der Waals surface area contributed by atoms with Gasteiger partial charge in [0.1, 0.15) is 0 Å². The zero-order chi connectivity index (χ0) is 28.6. The molecule has 7 nitrogen and oxygen atoms in total. The van der Waals surface area contributed by atoms with Crippen molar-refractivity contribution in [2.24, 2.45) is 0 Å². The average molecular weight is 586 g/mol. The van der Waals surface area contributed by atoms with Crippen molar-refractivity contribution in [1.29, 1.82) is 0 Å². The number of hydrogen-bond acceptors (Lipinski definition) is 5. The summed E-state index contributed by atoms with van der Waals surface area (Å²) in [6.07, 6.45) is 4.62. The van der Waals surface area contributed by atoms with Gasteiger partial charge in [0, 0.05) is 60.2 Å². The smallest absolute Gasteiger partial charge is 0.246 e. The lowest BCUT2D eigenvalue weighted by atomic mass is 10.1. The molecule has 0 spiro atoms. The highest BCUT2D eigenvalue weighted by Gasteiger charge is 2.28. The Bertz CT molecular complexity index is 1490. The number of aromatic nitrogens is 3. The first-order valence-corrected chi connectivity index (χ1v) is 15.1. The van der Waals surface area contributed by atoms with Crippen molar-refractivity contribution in [3.05, 3.63) is 102 Å². The number of hydrogen-bond donors (Lipinski definition) is 0. The molecule has 1 aromatic heterocycles. The van der Waals surface area contributed by atoms with Crippen molar-refractivity contribution in [2.75, 3.05) is 25.4 Å². The molecule has 1 aliphatic rings. The summed E-state index contributed by atoms with van der Waals surface area (Å²) >= 11 is 7.68. The van der Waals surface area contributed by atoms with Crippen LogP contribution >= 0.6 is 23.4 Å². The van der Waals surface area contributed by atoms with E-state index in [0.29, 0.717) is 31.1 Å². The minimum absolute atomic E-state index is 0.0228. The molecule has 0 radical (unpaired) electrons. The number of carbonyl (C=O) groups is 2. The first-order chi connectivity index (χ1) is 20.0. The Morgan fingerprint density at radius 3 is 2.37 bits per heavy atom. The number of halogens is 1. The highest BCUT2D eigenvalue weighted by atomic mass is 35.5. The number of para-hydroxylation sites is 1. The van der Waals surface area contributed by atoms with Crippen molar-refractivity contribution in [1.82, 2.24) is 24.6 Å². The van der Waals surface area contributed by atoms with Crippen molar-refractivity contribution < 1.29 is 9.59 Å². The summed E-state index contributed by atoms with van der Waals surface area (Å²) in [4.78, 5) is 29.5. The van der Waals surface area contributed by atoms with E-state index in [1.165, 1.54) is 0 Å². The highest BCUT2D eigenvalue weighted by molar-refractivity contribution is 7.99. The van der Waals surface area contributed by atoms with E-state index in [1.54, 1.807) is 17.8 Å². The molecule has 0 bridgehead atoms. The fourth-order valence-corrected chi connectivity index (χ4v) is 5.86. The summed E-state index contributed by atoms with van der Waals surface area (Å²) in [7, 11) is 0. The van der Waals surface area contributed by atoms with Gasteiger partial charge < -0.3 is 9.80 Å². The Hall–Kier alpha value is -3.88. The van der Waals surface area contributed by atoms with E-state index in [4.69, 9.17) is 11.6 Å². The first kappa shape index (κ1) is 28.6. The Labute approximate surface area is 249 Å². The molecule has 3 aromatic carbocycles. The molecular formula is C32H32ClN5O2S. The van der Waals surface area contributed by atoms with Gasteiger partial charge in [-0.1, -0.05) is 71.9 Å². The fourth-order valence-electron chi connectivity index (χ4n) is 4.84. The zero-order valence-corrected chi connectivity index (χ0v) is 24.5. The molecule has 1 fully saturated rings. The van der Waals surface area contributed by atoms with Crippen LogP contribution in [0.3, 0.4) is 0 Å². The van der Waals surface area contributed by atoms with Crippen LogP contribution in [0.1, 0.15) is 25.3 Å². The molecule has 0 N–H and O–H groups in total. The van der Waals surface area contributed by atoms with Crippen molar-refractivity contribution in [3.63, 3.8) is 0 Å². The number of nitrogens with zero attached hydrogens (tertiary/aromatic N) is 5. The molecule has 5 rings (SSSR count). The van der Waals surface area contributed by atoms with E-state index < -0.39 is 0 Å². The van der Waals surface area contributed by atoms with Crippen molar-refractivity contribution in [3.8, 4) is 17.1 Å². The summed E-state index contributed by atoms with van der Waals surface area (Å²) in [6.45, 7) is 3.63.